The van der Waals surface area contributed by atoms with Gasteiger partial charge in [0.2, 0.25) is 10.0 Å². The number of benzene rings is 1. The van der Waals surface area contributed by atoms with Gasteiger partial charge in [0.25, 0.3) is 5.91 Å². The Labute approximate surface area is 173 Å². The number of carbonyl (C=O) groups is 1. The minimum atomic E-state index is -3.63. The summed E-state index contributed by atoms with van der Waals surface area (Å²) in [5.41, 5.74) is 1.12. The van der Waals surface area contributed by atoms with Crippen molar-refractivity contribution in [2.24, 2.45) is 5.92 Å². The van der Waals surface area contributed by atoms with Gasteiger partial charge in [-0.15, -0.1) is 12.4 Å². The molecule has 2 aliphatic rings. The van der Waals surface area contributed by atoms with Gasteiger partial charge in [0.05, 0.1) is 18.1 Å². The van der Waals surface area contributed by atoms with Gasteiger partial charge in [0.1, 0.15) is 0 Å². The second kappa shape index (κ2) is 10.5. The third-order valence-electron chi connectivity index (χ3n) is 5.25. The molecule has 0 aromatic heterocycles. The summed E-state index contributed by atoms with van der Waals surface area (Å²) in [6.07, 6.45) is 2.81. The topological polar surface area (TPSA) is 87.7 Å². The average Bonchev–Trinajstić information content (AvgIpc) is 2.73. The van der Waals surface area contributed by atoms with Crippen LogP contribution in [0.25, 0.3) is 0 Å². The van der Waals surface area contributed by atoms with E-state index < -0.39 is 10.0 Å². The summed E-state index contributed by atoms with van der Waals surface area (Å²) in [7, 11) is -3.63. The lowest BCUT2D eigenvalue weighted by atomic mass is 9.99. The Balaban J connectivity index is 0.00000280. The van der Waals surface area contributed by atoms with E-state index in [0.29, 0.717) is 50.8 Å². The molecule has 0 aliphatic carbocycles. The number of sulfonamides is 1. The van der Waals surface area contributed by atoms with Crippen LogP contribution in [0.4, 0.5) is 0 Å². The molecule has 0 radical (unpaired) electrons. The average molecular weight is 432 g/mol. The quantitative estimate of drug-likeness (QED) is 0.711. The van der Waals surface area contributed by atoms with Crippen LogP contribution >= 0.6 is 12.4 Å². The number of hydrogen-bond donors (Lipinski definition) is 2. The van der Waals surface area contributed by atoms with Gasteiger partial charge in [-0.3, -0.25) is 4.79 Å². The molecule has 2 aliphatic heterocycles. The minimum absolute atomic E-state index is 0. The molecule has 0 saturated carbocycles. The lowest BCUT2D eigenvalue weighted by molar-refractivity contribution is 0.0730. The number of halogens is 1. The van der Waals surface area contributed by atoms with E-state index in [-0.39, 0.29) is 23.2 Å². The maximum absolute atomic E-state index is 13.1. The first-order valence-electron chi connectivity index (χ1n) is 9.72. The first kappa shape index (κ1) is 23.1. The van der Waals surface area contributed by atoms with Gasteiger partial charge < -0.3 is 15.4 Å². The van der Waals surface area contributed by atoms with E-state index in [1.54, 1.807) is 12.1 Å². The summed E-state index contributed by atoms with van der Waals surface area (Å²) in [6.45, 7) is 5.95. The van der Waals surface area contributed by atoms with Crippen LogP contribution in [-0.4, -0.2) is 64.6 Å². The fraction of sp³-hybridized carbons (Fsp3) is 0.632. The maximum atomic E-state index is 13.1. The number of hydrogen-bond acceptors (Lipinski definition) is 5. The van der Waals surface area contributed by atoms with Crippen LogP contribution in [0, 0.1) is 5.92 Å². The lowest BCUT2D eigenvalue weighted by Crippen LogP contribution is -2.41. The van der Waals surface area contributed by atoms with Gasteiger partial charge in [0.15, 0.2) is 0 Å². The molecule has 1 atom stereocenters. The number of rotatable bonds is 6. The van der Waals surface area contributed by atoms with Gasteiger partial charge in [-0.05, 0) is 56.0 Å². The number of morpholine rings is 1. The molecule has 1 unspecified atom stereocenters. The Hall–Kier alpha value is -1.19. The number of ether oxygens (including phenoxy) is 1. The van der Waals surface area contributed by atoms with E-state index in [4.69, 9.17) is 4.74 Å². The molecule has 9 heteroatoms. The van der Waals surface area contributed by atoms with E-state index in [9.17, 15) is 13.2 Å². The van der Waals surface area contributed by atoms with Crippen molar-refractivity contribution in [2.75, 3.05) is 45.9 Å². The van der Waals surface area contributed by atoms with Crippen LogP contribution in [0.2, 0.25) is 0 Å². The third-order valence-corrected chi connectivity index (χ3v) is 7.23. The molecule has 1 aromatic rings. The normalized spacial score (nSPS) is 21.0. The first-order valence-corrected chi connectivity index (χ1v) is 11.2. The van der Waals surface area contributed by atoms with Crippen molar-refractivity contribution >= 4 is 28.3 Å². The van der Waals surface area contributed by atoms with Crippen molar-refractivity contribution in [1.29, 1.82) is 0 Å². The van der Waals surface area contributed by atoms with Gasteiger partial charge in [-0.25, -0.2) is 8.42 Å². The number of amides is 1. The van der Waals surface area contributed by atoms with E-state index in [1.807, 2.05) is 6.92 Å². The summed E-state index contributed by atoms with van der Waals surface area (Å²) < 4.78 is 32.9. The van der Waals surface area contributed by atoms with Crippen LogP contribution < -0.4 is 10.6 Å². The molecular formula is C19H30ClN3O4S. The fourth-order valence-electron chi connectivity index (χ4n) is 3.59. The summed E-state index contributed by atoms with van der Waals surface area (Å²) >= 11 is 0. The number of nitrogens with zero attached hydrogens (tertiary/aromatic N) is 1. The van der Waals surface area contributed by atoms with Crippen LogP contribution in [0.5, 0.6) is 0 Å². The molecule has 0 bridgehead atoms. The zero-order chi connectivity index (χ0) is 19.3. The highest BCUT2D eigenvalue weighted by molar-refractivity contribution is 7.89. The summed E-state index contributed by atoms with van der Waals surface area (Å²) in [5, 5.41) is 6.29. The molecule has 28 heavy (non-hydrogen) atoms. The molecule has 0 spiro atoms. The molecule has 1 amide bonds. The zero-order valence-corrected chi connectivity index (χ0v) is 17.9. The predicted molar refractivity (Wildman–Crippen MR) is 111 cm³/mol. The molecule has 2 saturated heterocycles. The van der Waals surface area contributed by atoms with Crippen molar-refractivity contribution in [2.45, 2.75) is 31.1 Å². The van der Waals surface area contributed by atoms with Crippen LogP contribution in [0.1, 0.15) is 35.7 Å². The largest absolute Gasteiger partial charge is 0.379 e. The standard InChI is InChI=1S/C19H29N3O4S.ClH/c1-2-16-5-6-17(19(23)21-14-15-4-3-7-20-13-15)12-18(16)27(24,25)22-8-10-26-11-9-22;/h5-6,12,15,20H,2-4,7-11,13-14H2,1H3,(H,21,23);1H. The maximum Gasteiger partial charge on any atom is 0.251 e. The van der Waals surface area contributed by atoms with E-state index in [1.165, 1.54) is 10.4 Å². The van der Waals surface area contributed by atoms with E-state index in [0.717, 1.165) is 31.5 Å². The minimum Gasteiger partial charge on any atom is -0.379 e. The number of aryl methyl sites for hydroxylation is 1. The van der Waals surface area contributed by atoms with Crippen molar-refractivity contribution in [3.63, 3.8) is 0 Å². The lowest BCUT2D eigenvalue weighted by Gasteiger charge is -2.27. The second-order valence-electron chi connectivity index (χ2n) is 7.11. The Morgan fingerprint density at radius 1 is 1.32 bits per heavy atom. The summed E-state index contributed by atoms with van der Waals surface area (Å²) in [5.74, 6) is 0.204. The monoisotopic (exact) mass is 431 g/mol. The fourth-order valence-corrected chi connectivity index (χ4v) is 5.32. The van der Waals surface area contributed by atoms with Crippen molar-refractivity contribution < 1.29 is 17.9 Å². The number of carbonyl (C=O) groups excluding carboxylic acids is 1. The van der Waals surface area contributed by atoms with Crippen LogP contribution in [-0.2, 0) is 21.2 Å². The second-order valence-corrected chi connectivity index (χ2v) is 9.02. The Bertz CT molecular complexity index is 760. The number of nitrogens with one attached hydrogen (secondary N) is 2. The van der Waals surface area contributed by atoms with Crippen molar-refractivity contribution in [1.82, 2.24) is 14.9 Å². The summed E-state index contributed by atoms with van der Waals surface area (Å²) in [4.78, 5) is 12.8. The van der Waals surface area contributed by atoms with E-state index in [2.05, 4.69) is 10.6 Å². The molecule has 3 rings (SSSR count). The highest BCUT2D eigenvalue weighted by atomic mass is 35.5. The molecule has 2 heterocycles. The van der Waals surface area contributed by atoms with Crippen LogP contribution in [0.3, 0.4) is 0 Å². The molecular weight excluding hydrogens is 402 g/mol. The first-order chi connectivity index (χ1) is 13.0. The zero-order valence-electron chi connectivity index (χ0n) is 16.3. The molecule has 2 N–H and O–H groups in total. The smallest absolute Gasteiger partial charge is 0.251 e. The highest BCUT2D eigenvalue weighted by Gasteiger charge is 2.29. The van der Waals surface area contributed by atoms with E-state index >= 15 is 0 Å². The third kappa shape index (κ3) is 5.45. The van der Waals surface area contributed by atoms with Gasteiger partial charge in [-0.1, -0.05) is 13.0 Å². The molecule has 158 valence electrons. The predicted octanol–water partition coefficient (Wildman–Crippen LogP) is 1.42. The Kier molecular flexibility index (Phi) is 8.70. The molecule has 1 aromatic carbocycles. The SMILES string of the molecule is CCc1ccc(C(=O)NCC2CCCNC2)cc1S(=O)(=O)N1CCOCC1.Cl. The highest BCUT2D eigenvalue weighted by Crippen LogP contribution is 2.23. The van der Waals surface area contributed by atoms with Gasteiger partial charge in [0, 0.05) is 25.2 Å². The molecule has 2 fully saturated rings. The van der Waals surface area contributed by atoms with Crippen molar-refractivity contribution in [3.05, 3.63) is 29.3 Å². The summed E-state index contributed by atoms with van der Waals surface area (Å²) in [6, 6.07) is 4.99. The van der Waals surface area contributed by atoms with Gasteiger partial charge in [-0.2, -0.15) is 4.31 Å². The van der Waals surface area contributed by atoms with Crippen LogP contribution in [0.15, 0.2) is 23.1 Å². The van der Waals surface area contributed by atoms with Gasteiger partial charge >= 0.3 is 0 Å². The number of piperidine rings is 1. The molecule has 7 nitrogen and oxygen atoms in total. The Morgan fingerprint density at radius 3 is 2.71 bits per heavy atom. The Morgan fingerprint density at radius 2 is 2.07 bits per heavy atom. The van der Waals surface area contributed by atoms with Crippen molar-refractivity contribution in [3.8, 4) is 0 Å².